The molecule has 27 heavy (non-hydrogen) atoms. The van der Waals surface area contributed by atoms with E-state index in [4.69, 9.17) is 4.74 Å². The number of piperidine rings is 1. The SMILES string of the molecule is CCn1nc(C(=O)NCCN2CCCCC2)cc1-c1ccc(OC)cc1F. The van der Waals surface area contributed by atoms with Gasteiger partial charge in [-0.05, 0) is 51.1 Å². The van der Waals surface area contributed by atoms with E-state index in [1.54, 1.807) is 22.9 Å². The van der Waals surface area contributed by atoms with Crippen LogP contribution in [-0.2, 0) is 6.54 Å². The highest BCUT2D eigenvalue weighted by molar-refractivity contribution is 5.93. The average Bonchev–Trinajstić information content (AvgIpc) is 3.13. The minimum absolute atomic E-state index is 0.227. The van der Waals surface area contributed by atoms with E-state index in [9.17, 15) is 9.18 Å². The number of benzene rings is 1. The molecule has 1 aliphatic rings. The first-order valence-electron chi connectivity index (χ1n) is 9.54. The van der Waals surface area contributed by atoms with Crippen molar-refractivity contribution in [2.24, 2.45) is 0 Å². The Morgan fingerprint density at radius 3 is 2.70 bits per heavy atom. The van der Waals surface area contributed by atoms with Gasteiger partial charge in [-0.2, -0.15) is 5.10 Å². The van der Waals surface area contributed by atoms with Gasteiger partial charge in [0.15, 0.2) is 5.69 Å². The van der Waals surface area contributed by atoms with Crippen molar-refractivity contribution in [3.05, 3.63) is 35.8 Å². The number of rotatable bonds is 7. The third-order valence-corrected chi connectivity index (χ3v) is 4.93. The molecule has 1 N–H and O–H groups in total. The van der Waals surface area contributed by atoms with Crippen LogP contribution < -0.4 is 10.1 Å². The molecule has 1 aromatic heterocycles. The third-order valence-electron chi connectivity index (χ3n) is 4.93. The molecule has 0 radical (unpaired) electrons. The Hall–Kier alpha value is -2.41. The largest absolute Gasteiger partial charge is 0.497 e. The number of carbonyl (C=O) groups is 1. The summed E-state index contributed by atoms with van der Waals surface area (Å²) in [6, 6.07) is 6.32. The summed E-state index contributed by atoms with van der Waals surface area (Å²) in [4.78, 5) is 14.8. The molecular formula is C20H27FN4O2. The van der Waals surface area contributed by atoms with E-state index in [1.165, 1.54) is 32.4 Å². The smallest absolute Gasteiger partial charge is 0.271 e. The lowest BCUT2D eigenvalue weighted by molar-refractivity contribution is 0.0940. The zero-order chi connectivity index (χ0) is 19.2. The number of amides is 1. The van der Waals surface area contributed by atoms with E-state index < -0.39 is 5.82 Å². The molecule has 1 aromatic carbocycles. The van der Waals surface area contributed by atoms with Gasteiger partial charge >= 0.3 is 0 Å². The van der Waals surface area contributed by atoms with Gasteiger partial charge in [-0.3, -0.25) is 9.48 Å². The Bertz CT molecular complexity index is 784. The first kappa shape index (κ1) is 19.4. The number of hydrogen-bond donors (Lipinski definition) is 1. The number of carbonyl (C=O) groups excluding carboxylic acids is 1. The number of nitrogens with zero attached hydrogens (tertiary/aromatic N) is 3. The number of hydrogen-bond acceptors (Lipinski definition) is 4. The lowest BCUT2D eigenvalue weighted by Crippen LogP contribution is -2.37. The van der Waals surface area contributed by atoms with Crippen LogP contribution in [0.3, 0.4) is 0 Å². The maximum atomic E-state index is 14.4. The molecule has 3 rings (SSSR count). The van der Waals surface area contributed by atoms with Gasteiger partial charge in [-0.1, -0.05) is 6.42 Å². The number of aryl methyl sites for hydroxylation is 1. The van der Waals surface area contributed by atoms with Crippen molar-refractivity contribution in [3.8, 4) is 17.0 Å². The van der Waals surface area contributed by atoms with E-state index in [2.05, 4.69) is 15.3 Å². The topological polar surface area (TPSA) is 59.4 Å². The van der Waals surface area contributed by atoms with Crippen LogP contribution >= 0.6 is 0 Å². The Morgan fingerprint density at radius 2 is 2.04 bits per heavy atom. The van der Waals surface area contributed by atoms with Gasteiger partial charge in [-0.15, -0.1) is 0 Å². The van der Waals surface area contributed by atoms with Crippen molar-refractivity contribution in [1.82, 2.24) is 20.0 Å². The standard InChI is InChI=1S/C20H27FN4O2/c1-3-25-19(16-8-7-15(27-2)13-17(16)21)14-18(23-25)20(26)22-9-12-24-10-5-4-6-11-24/h7-8,13-14H,3-6,9-12H2,1-2H3,(H,22,26). The third kappa shape index (κ3) is 4.66. The minimum Gasteiger partial charge on any atom is -0.497 e. The van der Waals surface area contributed by atoms with Crippen molar-refractivity contribution >= 4 is 5.91 Å². The van der Waals surface area contributed by atoms with E-state index in [0.29, 0.717) is 35.8 Å². The molecule has 0 bridgehead atoms. The summed E-state index contributed by atoms with van der Waals surface area (Å²) in [7, 11) is 1.50. The summed E-state index contributed by atoms with van der Waals surface area (Å²) in [5.74, 6) is -0.176. The zero-order valence-corrected chi connectivity index (χ0v) is 16.0. The van der Waals surface area contributed by atoms with Crippen LogP contribution in [0.1, 0.15) is 36.7 Å². The molecule has 0 aliphatic carbocycles. The molecule has 0 atom stereocenters. The molecule has 0 spiro atoms. The van der Waals surface area contributed by atoms with E-state index in [1.807, 2.05) is 6.92 Å². The highest BCUT2D eigenvalue weighted by Gasteiger charge is 2.18. The van der Waals surface area contributed by atoms with Gasteiger partial charge < -0.3 is 15.0 Å². The van der Waals surface area contributed by atoms with Crippen LogP contribution in [0, 0.1) is 5.82 Å². The summed E-state index contributed by atoms with van der Waals surface area (Å²) in [5, 5.41) is 7.27. The number of ether oxygens (including phenoxy) is 1. The van der Waals surface area contributed by atoms with Crippen LogP contribution in [0.5, 0.6) is 5.75 Å². The van der Waals surface area contributed by atoms with Crippen LogP contribution in [0.25, 0.3) is 11.3 Å². The second-order valence-electron chi connectivity index (χ2n) is 6.73. The van der Waals surface area contributed by atoms with E-state index >= 15 is 0 Å². The molecule has 1 amide bonds. The normalized spacial score (nSPS) is 14.9. The molecule has 2 heterocycles. The maximum Gasteiger partial charge on any atom is 0.271 e. The van der Waals surface area contributed by atoms with Crippen molar-refractivity contribution in [2.45, 2.75) is 32.7 Å². The first-order chi connectivity index (χ1) is 13.1. The predicted molar refractivity (Wildman–Crippen MR) is 102 cm³/mol. The molecule has 6 nitrogen and oxygen atoms in total. The van der Waals surface area contributed by atoms with Gasteiger partial charge in [0.05, 0.1) is 12.8 Å². The van der Waals surface area contributed by atoms with Gasteiger partial charge in [0.25, 0.3) is 5.91 Å². The molecule has 1 saturated heterocycles. The highest BCUT2D eigenvalue weighted by Crippen LogP contribution is 2.27. The van der Waals surface area contributed by atoms with E-state index in [-0.39, 0.29) is 5.91 Å². The van der Waals surface area contributed by atoms with Crippen LogP contribution in [0.2, 0.25) is 0 Å². The maximum absolute atomic E-state index is 14.4. The Labute approximate surface area is 159 Å². The van der Waals surface area contributed by atoms with Crippen LogP contribution in [0.15, 0.2) is 24.3 Å². The van der Waals surface area contributed by atoms with Crippen LogP contribution in [0.4, 0.5) is 4.39 Å². The zero-order valence-electron chi connectivity index (χ0n) is 16.0. The Balaban J connectivity index is 1.69. The number of methoxy groups -OCH3 is 1. The van der Waals surface area contributed by atoms with Crippen molar-refractivity contribution in [1.29, 1.82) is 0 Å². The summed E-state index contributed by atoms with van der Waals surface area (Å²) < 4.78 is 21.1. The number of likely N-dealkylation sites (tertiary alicyclic amines) is 1. The van der Waals surface area contributed by atoms with Gasteiger partial charge in [0.2, 0.25) is 0 Å². The fraction of sp³-hybridized carbons (Fsp3) is 0.500. The first-order valence-corrected chi connectivity index (χ1v) is 9.54. The number of halogens is 1. The van der Waals surface area contributed by atoms with Gasteiger partial charge in [0.1, 0.15) is 11.6 Å². The Morgan fingerprint density at radius 1 is 1.26 bits per heavy atom. The molecule has 0 unspecified atom stereocenters. The van der Waals surface area contributed by atoms with Crippen molar-refractivity contribution in [3.63, 3.8) is 0 Å². The fourth-order valence-electron chi connectivity index (χ4n) is 3.42. The lowest BCUT2D eigenvalue weighted by Gasteiger charge is -2.26. The summed E-state index contributed by atoms with van der Waals surface area (Å²) in [6.45, 7) is 6.09. The number of aromatic nitrogens is 2. The quantitative estimate of drug-likeness (QED) is 0.810. The van der Waals surface area contributed by atoms with Gasteiger partial charge in [0, 0.05) is 31.3 Å². The second kappa shape index (κ2) is 8.99. The minimum atomic E-state index is -0.402. The molecule has 2 aromatic rings. The van der Waals surface area contributed by atoms with Gasteiger partial charge in [-0.25, -0.2) is 4.39 Å². The molecule has 1 aliphatic heterocycles. The molecule has 0 saturated carbocycles. The fourth-order valence-corrected chi connectivity index (χ4v) is 3.42. The van der Waals surface area contributed by atoms with Crippen molar-refractivity contribution in [2.75, 3.05) is 33.3 Å². The van der Waals surface area contributed by atoms with Crippen molar-refractivity contribution < 1.29 is 13.9 Å². The van der Waals surface area contributed by atoms with Crippen LogP contribution in [-0.4, -0.2) is 53.9 Å². The highest BCUT2D eigenvalue weighted by atomic mass is 19.1. The monoisotopic (exact) mass is 374 g/mol. The molecular weight excluding hydrogens is 347 g/mol. The second-order valence-corrected chi connectivity index (χ2v) is 6.73. The summed E-state index contributed by atoms with van der Waals surface area (Å²) >= 11 is 0. The van der Waals surface area contributed by atoms with E-state index in [0.717, 1.165) is 19.6 Å². The summed E-state index contributed by atoms with van der Waals surface area (Å²) in [6.07, 6.45) is 3.75. The average molecular weight is 374 g/mol. The summed E-state index contributed by atoms with van der Waals surface area (Å²) in [5.41, 5.74) is 1.29. The molecule has 7 heteroatoms. The Kier molecular flexibility index (Phi) is 6.45. The number of nitrogens with one attached hydrogen (secondary N) is 1. The molecule has 146 valence electrons. The lowest BCUT2D eigenvalue weighted by atomic mass is 10.1. The predicted octanol–water partition coefficient (Wildman–Crippen LogP) is 2.93. The molecule has 1 fully saturated rings.